The Morgan fingerprint density at radius 3 is 2.65 bits per heavy atom. The number of hydrogen-bond donors (Lipinski definition) is 0. The fourth-order valence-corrected chi connectivity index (χ4v) is 2.35. The fraction of sp³-hybridized carbons (Fsp3) is 0.111. The summed E-state index contributed by atoms with van der Waals surface area (Å²) in [6.07, 6.45) is 5.80. The van der Waals surface area contributed by atoms with Gasteiger partial charge in [0, 0.05) is 11.1 Å². The summed E-state index contributed by atoms with van der Waals surface area (Å²) in [4.78, 5) is 4.27. The highest BCUT2D eigenvalue weighted by molar-refractivity contribution is 5.56. The Labute approximate surface area is 119 Å². The van der Waals surface area contributed by atoms with E-state index in [-0.39, 0.29) is 0 Å². The second-order valence-corrected chi connectivity index (χ2v) is 4.94. The Bertz CT molecular complexity index is 705. The molecule has 0 saturated carbocycles. The second kappa shape index (κ2) is 5.66. The van der Waals surface area contributed by atoms with Crippen molar-refractivity contribution >= 4 is 0 Å². The molecule has 3 aromatic rings. The highest BCUT2D eigenvalue weighted by Crippen LogP contribution is 2.16. The zero-order valence-electron chi connectivity index (χ0n) is 11.5. The maximum absolute atomic E-state index is 4.27. The summed E-state index contributed by atoms with van der Waals surface area (Å²) in [5.41, 5.74) is 4.89. The molecule has 0 unspecified atom stereocenters. The molecule has 0 amide bonds. The van der Waals surface area contributed by atoms with Gasteiger partial charge in [-0.15, -0.1) is 0 Å². The Kier molecular flexibility index (Phi) is 3.55. The van der Waals surface area contributed by atoms with E-state index in [1.165, 1.54) is 16.7 Å². The molecule has 0 fully saturated rings. The van der Waals surface area contributed by atoms with Crippen LogP contribution in [0.5, 0.6) is 0 Å². The van der Waals surface area contributed by atoms with Crippen molar-refractivity contribution in [2.24, 2.45) is 0 Å². The summed E-state index contributed by atoms with van der Waals surface area (Å²) in [5, 5.41) is 0. The monoisotopic (exact) mass is 261 g/mol. The van der Waals surface area contributed by atoms with Gasteiger partial charge in [0.25, 0.3) is 0 Å². The molecule has 1 aromatic heterocycles. The highest BCUT2D eigenvalue weighted by Gasteiger charge is 2.13. The van der Waals surface area contributed by atoms with Crippen molar-refractivity contribution in [1.29, 1.82) is 0 Å². The van der Waals surface area contributed by atoms with Crippen LogP contribution in [0, 0.1) is 6.92 Å². The molecule has 2 nitrogen and oxygen atoms in total. The summed E-state index contributed by atoms with van der Waals surface area (Å²) in [7, 11) is 0. The fourth-order valence-electron chi connectivity index (χ4n) is 2.35. The van der Waals surface area contributed by atoms with E-state index in [1.807, 2.05) is 24.7 Å². The molecule has 20 heavy (non-hydrogen) atoms. The highest BCUT2D eigenvalue weighted by atomic mass is 15.0. The van der Waals surface area contributed by atoms with Crippen LogP contribution in [0.1, 0.15) is 11.1 Å². The van der Waals surface area contributed by atoms with Gasteiger partial charge in [0.2, 0.25) is 5.69 Å². The van der Waals surface area contributed by atoms with Gasteiger partial charge in [0.15, 0.2) is 12.7 Å². The van der Waals surface area contributed by atoms with Crippen molar-refractivity contribution in [3.05, 3.63) is 84.3 Å². The second-order valence-electron chi connectivity index (χ2n) is 4.94. The minimum atomic E-state index is 0.854. The van der Waals surface area contributed by atoms with E-state index in [1.54, 1.807) is 0 Å². The van der Waals surface area contributed by atoms with Crippen LogP contribution in [-0.4, -0.2) is 4.98 Å². The van der Waals surface area contributed by atoms with Crippen LogP contribution >= 0.6 is 0 Å². The minimum absolute atomic E-state index is 0.854. The number of hydrogen-bond acceptors (Lipinski definition) is 1. The Balaban J connectivity index is 2.00. The van der Waals surface area contributed by atoms with E-state index in [9.17, 15) is 0 Å². The Morgan fingerprint density at radius 2 is 1.85 bits per heavy atom. The summed E-state index contributed by atoms with van der Waals surface area (Å²) in [5.74, 6) is 0. The third-order valence-electron chi connectivity index (χ3n) is 3.35. The van der Waals surface area contributed by atoms with Crippen molar-refractivity contribution in [2.45, 2.75) is 13.5 Å². The van der Waals surface area contributed by atoms with Crippen LogP contribution in [0.4, 0.5) is 0 Å². The lowest BCUT2D eigenvalue weighted by Crippen LogP contribution is -2.36. The molecule has 3 rings (SSSR count). The van der Waals surface area contributed by atoms with Gasteiger partial charge in [-0.25, -0.2) is 0 Å². The summed E-state index contributed by atoms with van der Waals surface area (Å²) >= 11 is 0. The zero-order valence-corrected chi connectivity index (χ0v) is 11.5. The quantitative estimate of drug-likeness (QED) is 0.660. The molecule has 0 spiro atoms. The first kappa shape index (κ1) is 12.5. The molecule has 0 bridgehead atoms. The number of aromatic nitrogens is 2. The van der Waals surface area contributed by atoms with E-state index < -0.39 is 0 Å². The van der Waals surface area contributed by atoms with Gasteiger partial charge in [0.05, 0.1) is 12.4 Å². The molecule has 0 aliphatic carbocycles. The van der Waals surface area contributed by atoms with Gasteiger partial charge in [0.1, 0.15) is 0 Å². The van der Waals surface area contributed by atoms with E-state index >= 15 is 0 Å². The van der Waals surface area contributed by atoms with Crippen LogP contribution in [0.2, 0.25) is 0 Å². The molecule has 2 aromatic carbocycles. The minimum Gasteiger partial charge on any atom is -0.252 e. The average Bonchev–Trinajstić information content (AvgIpc) is 2.49. The molecule has 0 atom stereocenters. The largest absolute Gasteiger partial charge is 0.252 e. The van der Waals surface area contributed by atoms with E-state index in [0.717, 1.165) is 12.2 Å². The number of benzene rings is 2. The van der Waals surface area contributed by atoms with E-state index in [4.69, 9.17) is 0 Å². The maximum Gasteiger partial charge on any atom is 0.231 e. The number of rotatable bonds is 3. The lowest BCUT2D eigenvalue weighted by molar-refractivity contribution is -0.678. The molecule has 2 heteroatoms. The van der Waals surface area contributed by atoms with Crippen molar-refractivity contribution in [1.82, 2.24) is 4.98 Å². The lowest BCUT2D eigenvalue weighted by atomic mass is 10.1. The van der Waals surface area contributed by atoms with Gasteiger partial charge < -0.3 is 0 Å². The van der Waals surface area contributed by atoms with Gasteiger partial charge in [-0.3, -0.25) is 4.98 Å². The molecular weight excluding hydrogens is 244 g/mol. The predicted octanol–water partition coefficient (Wildman–Crippen LogP) is 3.39. The average molecular weight is 261 g/mol. The molecule has 98 valence electrons. The van der Waals surface area contributed by atoms with Gasteiger partial charge in [-0.2, -0.15) is 4.57 Å². The van der Waals surface area contributed by atoms with E-state index in [0.29, 0.717) is 0 Å². The summed E-state index contributed by atoms with van der Waals surface area (Å²) in [6, 6.07) is 19.0. The van der Waals surface area contributed by atoms with Crippen LogP contribution in [-0.2, 0) is 6.54 Å². The van der Waals surface area contributed by atoms with Crippen molar-refractivity contribution in [3.8, 4) is 11.3 Å². The third-order valence-corrected chi connectivity index (χ3v) is 3.35. The zero-order chi connectivity index (χ0) is 13.8. The maximum atomic E-state index is 4.27. The Morgan fingerprint density at radius 1 is 1.00 bits per heavy atom. The normalized spacial score (nSPS) is 10.4. The van der Waals surface area contributed by atoms with Gasteiger partial charge in [-0.05, 0) is 19.1 Å². The first-order valence-corrected chi connectivity index (χ1v) is 6.77. The van der Waals surface area contributed by atoms with Crippen LogP contribution in [0.3, 0.4) is 0 Å². The SMILES string of the molecule is Cc1cccc(-c2cncc[n+]2Cc2ccccc2)c1. The summed E-state index contributed by atoms with van der Waals surface area (Å²) < 4.78 is 2.23. The third kappa shape index (κ3) is 2.75. The van der Waals surface area contributed by atoms with Crippen molar-refractivity contribution in [2.75, 3.05) is 0 Å². The van der Waals surface area contributed by atoms with Crippen LogP contribution in [0.25, 0.3) is 11.3 Å². The van der Waals surface area contributed by atoms with Crippen molar-refractivity contribution in [3.63, 3.8) is 0 Å². The topological polar surface area (TPSA) is 16.8 Å². The first-order chi connectivity index (χ1) is 9.83. The lowest BCUT2D eigenvalue weighted by Gasteiger charge is -2.04. The molecule has 1 heterocycles. The number of nitrogens with zero attached hydrogens (tertiary/aromatic N) is 2. The Hall–Kier alpha value is -2.48. The molecule has 0 saturated heterocycles. The smallest absolute Gasteiger partial charge is 0.231 e. The molecular formula is C18H17N2+. The molecule has 0 aliphatic rings. The predicted molar refractivity (Wildman–Crippen MR) is 80.1 cm³/mol. The molecule has 0 aliphatic heterocycles. The summed E-state index contributed by atoms with van der Waals surface area (Å²) in [6.45, 7) is 2.97. The van der Waals surface area contributed by atoms with Gasteiger partial charge in [-0.1, -0.05) is 48.0 Å². The van der Waals surface area contributed by atoms with Crippen LogP contribution < -0.4 is 4.57 Å². The first-order valence-electron chi connectivity index (χ1n) is 6.77. The molecule has 0 N–H and O–H groups in total. The van der Waals surface area contributed by atoms with Crippen LogP contribution in [0.15, 0.2) is 73.2 Å². The molecule has 0 radical (unpaired) electrons. The number of aryl methyl sites for hydroxylation is 1. The standard InChI is InChI=1S/C18H17N2/c1-15-6-5-9-17(12-15)18-13-19-10-11-20(18)14-16-7-3-2-4-8-16/h2-13H,14H2,1H3/q+1. The van der Waals surface area contributed by atoms with E-state index in [2.05, 4.69) is 65.0 Å². The van der Waals surface area contributed by atoms with Gasteiger partial charge >= 0.3 is 0 Å². The van der Waals surface area contributed by atoms with Crippen molar-refractivity contribution < 1.29 is 4.57 Å².